The fraction of sp³-hybridized carbons (Fsp3) is 0.933. The van der Waals surface area contributed by atoms with Gasteiger partial charge >= 0.3 is 6.09 Å². The number of nitrogens with zero attached hydrogens (tertiary/aromatic N) is 2. The van der Waals surface area contributed by atoms with E-state index in [4.69, 9.17) is 4.74 Å². The maximum atomic E-state index is 12.0. The zero-order valence-corrected chi connectivity index (χ0v) is 13.9. The van der Waals surface area contributed by atoms with E-state index in [-0.39, 0.29) is 24.1 Å². The molecular weight excluding hydrogens is 276 g/mol. The van der Waals surface area contributed by atoms with Crippen molar-refractivity contribution in [1.82, 2.24) is 9.80 Å². The molecule has 0 N–H and O–H groups in total. The van der Waals surface area contributed by atoms with Crippen LogP contribution in [0.15, 0.2) is 0 Å². The number of carbonyl (C=O) groups is 1. The van der Waals surface area contributed by atoms with Crippen LogP contribution in [0.3, 0.4) is 0 Å². The average Bonchev–Trinajstić information content (AvgIpc) is 2.38. The predicted molar refractivity (Wildman–Crippen MR) is 83.5 cm³/mol. The van der Waals surface area contributed by atoms with E-state index in [1.807, 2.05) is 25.7 Å². The van der Waals surface area contributed by atoms with E-state index in [9.17, 15) is 4.79 Å². The van der Waals surface area contributed by atoms with Crippen molar-refractivity contribution in [2.24, 2.45) is 0 Å². The number of likely N-dealkylation sites (tertiary alicyclic amines) is 2. The molecule has 0 bridgehead atoms. The number of hydrogen-bond donors (Lipinski definition) is 0. The molecule has 2 fully saturated rings. The van der Waals surface area contributed by atoms with Gasteiger partial charge in [-0.15, -0.1) is 12.4 Å². The number of ether oxygens (including phenoxy) is 1. The van der Waals surface area contributed by atoms with Gasteiger partial charge in [-0.25, -0.2) is 4.79 Å². The van der Waals surface area contributed by atoms with Gasteiger partial charge in [0.15, 0.2) is 0 Å². The van der Waals surface area contributed by atoms with Crippen LogP contribution in [0.1, 0.15) is 52.9 Å². The van der Waals surface area contributed by atoms with Gasteiger partial charge in [0.05, 0.1) is 0 Å². The maximum Gasteiger partial charge on any atom is 0.410 e. The highest BCUT2D eigenvalue weighted by Crippen LogP contribution is 2.22. The Bertz CT molecular complexity index is 303. The number of rotatable bonds is 1. The molecule has 118 valence electrons. The molecule has 2 heterocycles. The lowest BCUT2D eigenvalue weighted by Crippen LogP contribution is -2.49. The third-order valence-electron chi connectivity index (χ3n) is 4.02. The zero-order valence-electron chi connectivity index (χ0n) is 13.1. The van der Waals surface area contributed by atoms with Crippen molar-refractivity contribution in [2.75, 3.05) is 26.2 Å². The molecule has 0 radical (unpaired) electrons. The van der Waals surface area contributed by atoms with Gasteiger partial charge in [-0.05, 0) is 59.5 Å². The summed E-state index contributed by atoms with van der Waals surface area (Å²) < 4.78 is 5.43. The van der Waals surface area contributed by atoms with E-state index in [1.165, 1.54) is 32.4 Å². The molecular formula is C15H29ClN2O2. The summed E-state index contributed by atoms with van der Waals surface area (Å²) in [5.41, 5.74) is -0.388. The number of amides is 1. The summed E-state index contributed by atoms with van der Waals surface area (Å²) in [6.45, 7) is 9.95. The van der Waals surface area contributed by atoms with Crippen LogP contribution >= 0.6 is 12.4 Å². The first-order chi connectivity index (χ1) is 8.96. The normalized spacial score (nSPS) is 22.2. The highest BCUT2D eigenvalue weighted by Gasteiger charge is 2.29. The van der Waals surface area contributed by atoms with E-state index in [0.717, 1.165) is 25.9 Å². The Morgan fingerprint density at radius 1 is 1.00 bits per heavy atom. The average molecular weight is 305 g/mol. The number of halogens is 1. The number of piperidine rings is 2. The molecule has 2 aliphatic rings. The van der Waals surface area contributed by atoms with Crippen LogP contribution in [0.25, 0.3) is 0 Å². The topological polar surface area (TPSA) is 32.8 Å². The second-order valence-corrected chi connectivity index (χ2v) is 6.80. The van der Waals surface area contributed by atoms with Crippen LogP contribution in [-0.4, -0.2) is 53.7 Å². The summed E-state index contributed by atoms with van der Waals surface area (Å²) in [6.07, 6.45) is 6.11. The van der Waals surface area contributed by atoms with Crippen molar-refractivity contribution in [3.8, 4) is 0 Å². The van der Waals surface area contributed by atoms with Crippen molar-refractivity contribution in [3.63, 3.8) is 0 Å². The van der Waals surface area contributed by atoms with Crippen molar-refractivity contribution in [1.29, 1.82) is 0 Å². The van der Waals surface area contributed by atoms with Gasteiger partial charge in [-0.1, -0.05) is 6.42 Å². The Balaban J connectivity index is 0.00000200. The monoisotopic (exact) mass is 304 g/mol. The summed E-state index contributed by atoms with van der Waals surface area (Å²) in [4.78, 5) is 16.5. The minimum atomic E-state index is -0.388. The third kappa shape index (κ3) is 5.13. The highest BCUT2D eigenvalue weighted by molar-refractivity contribution is 5.85. The van der Waals surface area contributed by atoms with Crippen LogP contribution in [0, 0.1) is 0 Å². The lowest BCUT2D eigenvalue weighted by Gasteiger charge is -2.40. The Labute approximate surface area is 129 Å². The van der Waals surface area contributed by atoms with Gasteiger partial charge in [0.25, 0.3) is 0 Å². The van der Waals surface area contributed by atoms with E-state index in [0.29, 0.717) is 6.04 Å². The largest absolute Gasteiger partial charge is 0.444 e. The highest BCUT2D eigenvalue weighted by atomic mass is 35.5. The lowest BCUT2D eigenvalue weighted by atomic mass is 10.0. The maximum absolute atomic E-state index is 12.0. The standard InChI is InChI=1S/C15H28N2O2.ClH/c1-15(2,3)19-14(18)17-11-7-13(8-12-17)16-9-5-4-6-10-16;/h13H,4-12H2,1-3H3;1H. The van der Waals surface area contributed by atoms with E-state index in [2.05, 4.69) is 4.90 Å². The molecule has 0 saturated carbocycles. The molecule has 2 aliphatic heterocycles. The molecule has 5 heteroatoms. The van der Waals surface area contributed by atoms with E-state index < -0.39 is 0 Å². The Morgan fingerprint density at radius 3 is 2.05 bits per heavy atom. The van der Waals surface area contributed by atoms with Crippen molar-refractivity contribution in [3.05, 3.63) is 0 Å². The van der Waals surface area contributed by atoms with Crippen molar-refractivity contribution < 1.29 is 9.53 Å². The molecule has 0 unspecified atom stereocenters. The molecule has 20 heavy (non-hydrogen) atoms. The molecule has 0 atom stereocenters. The van der Waals surface area contributed by atoms with Gasteiger partial charge in [0.1, 0.15) is 5.60 Å². The molecule has 0 aromatic heterocycles. The van der Waals surface area contributed by atoms with E-state index in [1.54, 1.807) is 0 Å². The second-order valence-electron chi connectivity index (χ2n) is 6.80. The van der Waals surface area contributed by atoms with Gasteiger partial charge < -0.3 is 14.5 Å². The van der Waals surface area contributed by atoms with Crippen molar-refractivity contribution in [2.45, 2.75) is 64.5 Å². The summed E-state index contributed by atoms with van der Waals surface area (Å²) in [6, 6.07) is 0.680. The Hall–Kier alpha value is -0.480. The molecule has 2 rings (SSSR count). The zero-order chi connectivity index (χ0) is 13.9. The van der Waals surface area contributed by atoms with Crippen LogP contribution < -0.4 is 0 Å². The lowest BCUT2D eigenvalue weighted by molar-refractivity contribution is 0.0131. The molecule has 2 saturated heterocycles. The molecule has 0 aromatic rings. The van der Waals surface area contributed by atoms with Crippen LogP contribution in [-0.2, 0) is 4.74 Å². The molecule has 4 nitrogen and oxygen atoms in total. The van der Waals surface area contributed by atoms with Crippen molar-refractivity contribution >= 4 is 18.5 Å². The molecule has 0 aromatic carbocycles. The van der Waals surface area contributed by atoms with Gasteiger partial charge in [0, 0.05) is 19.1 Å². The number of hydrogen-bond acceptors (Lipinski definition) is 3. The van der Waals surface area contributed by atoms with Crippen LogP contribution in [0.2, 0.25) is 0 Å². The molecule has 1 amide bonds. The molecule has 0 spiro atoms. The minimum absolute atomic E-state index is 0. The number of carbonyl (C=O) groups excluding carboxylic acids is 1. The third-order valence-corrected chi connectivity index (χ3v) is 4.02. The first kappa shape index (κ1) is 17.6. The molecule has 0 aliphatic carbocycles. The summed E-state index contributed by atoms with van der Waals surface area (Å²) in [5, 5.41) is 0. The predicted octanol–water partition coefficient (Wildman–Crippen LogP) is 3.29. The van der Waals surface area contributed by atoms with Crippen LogP contribution in [0.5, 0.6) is 0 Å². The summed E-state index contributed by atoms with van der Waals surface area (Å²) in [5.74, 6) is 0. The SMILES string of the molecule is CC(C)(C)OC(=O)N1CCC(N2CCCCC2)CC1.Cl. The first-order valence-electron chi connectivity index (χ1n) is 7.68. The smallest absolute Gasteiger partial charge is 0.410 e. The van der Waals surface area contributed by atoms with Gasteiger partial charge in [0.2, 0.25) is 0 Å². The Morgan fingerprint density at radius 2 is 1.55 bits per heavy atom. The fourth-order valence-electron chi connectivity index (χ4n) is 3.02. The van der Waals surface area contributed by atoms with Gasteiger partial charge in [-0.2, -0.15) is 0 Å². The van der Waals surface area contributed by atoms with Crippen LogP contribution in [0.4, 0.5) is 4.79 Å². The first-order valence-corrected chi connectivity index (χ1v) is 7.68. The minimum Gasteiger partial charge on any atom is -0.444 e. The summed E-state index contributed by atoms with van der Waals surface area (Å²) >= 11 is 0. The quantitative estimate of drug-likeness (QED) is 0.745. The van der Waals surface area contributed by atoms with E-state index >= 15 is 0 Å². The second kappa shape index (κ2) is 7.51. The Kier molecular flexibility index (Phi) is 6.59. The fourth-order valence-corrected chi connectivity index (χ4v) is 3.02. The van der Waals surface area contributed by atoms with Gasteiger partial charge in [-0.3, -0.25) is 0 Å². The summed E-state index contributed by atoms with van der Waals surface area (Å²) in [7, 11) is 0.